The molecule has 134 valence electrons. The van der Waals surface area contributed by atoms with Crippen LogP contribution in [-0.2, 0) is 21.2 Å². The molecule has 0 unspecified atom stereocenters. The van der Waals surface area contributed by atoms with Gasteiger partial charge in [0.25, 0.3) is 0 Å². The molecule has 0 heterocycles. The summed E-state index contributed by atoms with van der Waals surface area (Å²) < 4.78 is 32.5. The van der Waals surface area contributed by atoms with E-state index < -0.39 is 16.0 Å². The standard InChI is InChI=1S/C19H23NO4S/c1-14-9-12-17(13-18(14)19(21)24-3)25(22,23)20-15(2)10-11-16-7-5-4-6-8-16/h4-9,12-13,15,20H,10-11H2,1-3H3/t15-/m0/s1. The van der Waals surface area contributed by atoms with Gasteiger partial charge in [0, 0.05) is 6.04 Å². The summed E-state index contributed by atoms with van der Waals surface area (Å²) in [5.41, 5.74) is 2.09. The van der Waals surface area contributed by atoms with E-state index >= 15 is 0 Å². The lowest BCUT2D eigenvalue weighted by molar-refractivity contribution is 0.0599. The van der Waals surface area contributed by atoms with Crippen molar-refractivity contribution in [2.24, 2.45) is 0 Å². The second kappa shape index (κ2) is 8.27. The van der Waals surface area contributed by atoms with Crippen molar-refractivity contribution in [1.29, 1.82) is 0 Å². The van der Waals surface area contributed by atoms with Gasteiger partial charge >= 0.3 is 5.97 Å². The van der Waals surface area contributed by atoms with Crippen LogP contribution in [0, 0.1) is 6.92 Å². The van der Waals surface area contributed by atoms with Crippen LogP contribution in [0.3, 0.4) is 0 Å². The third-order valence-electron chi connectivity index (χ3n) is 3.99. The van der Waals surface area contributed by atoms with Crippen molar-refractivity contribution < 1.29 is 17.9 Å². The van der Waals surface area contributed by atoms with Crippen LogP contribution in [0.2, 0.25) is 0 Å². The van der Waals surface area contributed by atoms with Gasteiger partial charge in [-0.3, -0.25) is 0 Å². The lowest BCUT2D eigenvalue weighted by Gasteiger charge is -2.15. The second-order valence-electron chi connectivity index (χ2n) is 6.01. The first-order valence-corrected chi connectivity index (χ1v) is 9.57. The highest BCUT2D eigenvalue weighted by Gasteiger charge is 2.20. The van der Waals surface area contributed by atoms with Gasteiger partial charge in [0.2, 0.25) is 10.0 Å². The number of hydrogen-bond donors (Lipinski definition) is 1. The maximum atomic E-state index is 12.6. The summed E-state index contributed by atoms with van der Waals surface area (Å²) in [4.78, 5) is 11.8. The van der Waals surface area contributed by atoms with Crippen LogP contribution in [0.5, 0.6) is 0 Å². The van der Waals surface area contributed by atoms with Crippen LogP contribution in [0.15, 0.2) is 53.4 Å². The lowest BCUT2D eigenvalue weighted by atomic mass is 10.1. The fraction of sp³-hybridized carbons (Fsp3) is 0.316. The molecular formula is C19H23NO4S. The van der Waals surface area contributed by atoms with E-state index in [-0.39, 0.29) is 16.5 Å². The van der Waals surface area contributed by atoms with E-state index in [1.165, 1.54) is 19.2 Å². The number of esters is 1. The van der Waals surface area contributed by atoms with Gasteiger partial charge in [-0.05, 0) is 49.9 Å². The Labute approximate surface area is 149 Å². The number of rotatable bonds is 7. The van der Waals surface area contributed by atoms with Crippen LogP contribution in [0.25, 0.3) is 0 Å². The summed E-state index contributed by atoms with van der Waals surface area (Å²) in [7, 11) is -2.43. The molecule has 0 aromatic heterocycles. The zero-order chi connectivity index (χ0) is 18.4. The van der Waals surface area contributed by atoms with Crippen LogP contribution in [0.1, 0.15) is 34.8 Å². The highest BCUT2D eigenvalue weighted by atomic mass is 32.2. The van der Waals surface area contributed by atoms with Crippen molar-refractivity contribution in [2.45, 2.75) is 37.6 Å². The molecule has 0 fully saturated rings. The number of aryl methyl sites for hydroxylation is 2. The Morgan fingerprint density at radius 2 is 1.84 bits per heavy atom. The topological polar surface area (TPSA) is 72.5 Å². The predicted molar refractivity (Wildman–Crippen MR) is 97.1 cm³/mol. The quantitative estimate of drug-likeness (QED) is 0.769. The predicted octanol–water partition coefficient (Wildman–Crippen LogP) is 3.08. The fourth-order valence-electron chi connectivity index (χ4n) is 2.52. The summed E-state index contributed by atoms with van der Waals surface area (Å²) in [6.45, 7) is 3.56. The van der Waals surface area contributed by atoms with E-state index in [1.54, 1.807) is 13.0 Å². The number of sulfonamides is 1. The summed E-state index contributed by atoms with van der Waals surface area (Å²) in [5.74, 6) is -0.549. The molecule has 1 atom stereocenters. The number of hydrogen-bond acceptors (Lipinski definition) is 4. The minimum absolute atomic E-state index is 0.0602. The molecule has 0 bridgehead atoms. The summed E-state index contributed by atoms with van der Waals surface area (Å²) >= 11 is 0. The number of carbonyl (C=O) groups is 1. The highest BCUT2D eigenvalue weighted by Crippen LogP contribution is 2.17. The molecule has 25 heavy (non-hydrogen) atoms. The van der Waals surface area contributed by atoms with E-state index in [2.05, 4.69) is 4.72 Å². The van der Waals surface area contributed by atoms with Gasteiger partial charge in [-0.2, -0.15) is 0 Å². The van der Waals surface area contributed by atoms with Crippen LogP contribution < -0.4 is 4.72 Å². The number of carbonyl (C=O) groups excluding carboxylic acids is 1. The Balaban J connectivity index is 2.09. The van der Waals surface area contributed by atoms with E-state index in [0.717, 1.165) is 12.0 Å². The highest BCUT2D eigenvalue weighted by molar-refractivity contribution is 7.89. The average molecular weight is 361 g/mol. The van der Waals surface area contributed by atoms with E-state index in [1.807, 2.05) is 37.3 Å². The van der Waals surface area contributed by atoms with E-state index in [4.69, 9.17) is 4.74 Å². The van der Waals surface area contributed by atoms with Crippen LogP contribution >= 0.6 is 0 Å². The SMILES string of the molecule is COC(=O)c1cc(S(=O)(=O)N[C@@H](C)CCc2ccccc2)ccc1C. The molecule has 0 aliphatic rings. The Morgan fingerprint density at radius 1 is 1.16 bits per heavy atom. The number of benzene rings is 2. The van der Waals surface area contributed by atoms with Crippen molar-refractivity contribution >= 4 is 16.0 Å². The van der Waals surface area contributed by atoms with Gasteiger partial charge in [0.1, 0.15) is 0 Å². The molecule has 1 N–H and O–H groups in total. The molecule has 2 aromatic rings. The molecule has 0 radical (unpaired) electrons. The minimum Gasteiger partial charge on any atom is -0.465 e. The maximum Gasteiger partial charge on any atom is 0.338 e. The molecule has 2 aromatic carbocycles. The van der Waals surface area contributed by atoms with Gasteiger partial charge < -0.3 is 4.74 Å². The summed E-state index contributed by atoms with van der Waals surface area (Å²) in [6.07, 6.45) is 1.46. The molecule has 0 amide bonds. The molecule has 0 aliphatic carbocycles. The van der Waals surface area contributed by atoms with Crippen molar-refractivity contribution in [3.63, 3.8) is 0 Å². The molecule has 6 heteroatoms. The van der Waals surface area contributed by atoms with E-state index in [0.29, 0.717) is 12.0 Å². The molecule has 0 spiro atoms. The van der Waals surface area contributed by atoms with Gasteiger partial charge in [0.15, 0.2) is 0 Å². The maximum absolute atomic E-state index is 12.6. The van der Waals surface area contributed by atoms with Crippen LogP contribution in [-0.4, -0.2) is 27.5 Å². The van der Waals surface area contributed by atoms with Crippen molar-refractivity contribution in [1.82, 2.24) is 4.72 Å². The first-order valence-electron chi connectivity index (χ1n) is 8.08. The first-order chi connectivity index (χ1) is 11.8. The monoisotopic (exact) mass is 361 g/mol. The molecule has 0 aliphatic heterocycles. The molecular weight excluding hydrogens is 338 g/mol. The Morgan fingerprint density at radius 3 is 2.48 bits per heavy atom. The molecule has 2 rings (SSSR count). The third-order valence-corrected chi connectivity index (χ3v) is 5.58. The van der Waals surface area contributed by atoms with E-state index in [9.17, 15) is 13.2 Å². The average Bonchev–Trinajstić information content (AvgIpc) is 2.60. The molecule has 0 saturated heterocycles. The van der Waals surface area contributed by atoms with Crippen LogP contribution in [0.4, 0.5) is 0 Å². The van der Waals surface area contributed by atoms with Gasteiger partial charge in [-0.15, -0.1) is 0 Å². The van der Waals surface area contributed by atoms with Gasteiger partial charge in [-0.25, -0.2) is 17.9 Å². The smallest absolute Gasteiger partial charge is 0.338 e. The Bertz CT molecular complexity index is 832. The first kappa shape index (κ1) is 19.1. The number of methoxy groups -OCH3 is 1. The molecule has 5 nitrogen and oxygen atoms in total. The number of ether oxygens (including phenoxy) is 1. The Kier molecular flexibility index (Phi) is 6.33. The van der Waals surface area contributed by atoms with Gasteiger partial charge in [-0.1, -0.05) is 36.4 Å². The second-order valence-corrected chi connectivity index (χ2v) is 7.73. The largest absolute Gasteiger partial charge is 0.465 e. The minimum atomic E-state index is -3.70. The summed E-state index contributed by atoms with van der Waals surface area (Å²) in [6, 6.07) is 14.1. The normalized spacial score (nSPS) is 12.6. The van der Waals surface area contributed by atoms with Crippen molar-refractivity contribution in [3.8, 4) is 0 Å². The number of nitrogens with one attached hydrogen (secondary N) is 1. The summed E-state index contributed by atoms with van der Waals surface area (Å²) in [5, 5.41) is 0. The molecule has 0 saturated carbocycles. The lowest BCUT2D eigenvalue weighted by Crippen LogP contribution is -2.33. The third kappa shape index (κ3) is 5.14. The zero-order valence-corrected chi connectivity index (χ0v) is 15.5. The Hall–Kier alpha value is -2.18. The zero-order valence-electron chi connectivity index (χ0n) is 14.7. The van der Waals surface area contributed by atoms with Gasteiger partial charge in [0.05, 0.1) is 17.6 Å². The fourth-order valence-corrected chi connectivity index (χ4v) is 3.82. The van der Waals surface area contributed by atoms with Crippen molar-refractivity contribution in [3.05, 3.63) is 65.2 Å². The van der Waals surface area contributed by atoms with Crippen molar-refractivity contribution in [2.75, 3.05) is 7.11 Å².